The second-order valence-electron chi connectivity index (χ2n) is 3.31. The summed E-state index contributed by atoms with van der Waals surface area (Å²) >= 11 is 0. The maximum atomic E-state index is 12.5. The lowest BCUT2D eigenvalue weighted by atomic mass is 9.98. The minimum Gasteiger partial charge on any atom is -0.204 e. The molecule has 0 aromatic carbocycles. The lowest BCUT2D eigenvalue weighted by molar-refractivity contribution is -0.384. The number of allylic oxidation sites excluding steroid dienone is 2. The Morgan fingerprint density at radius 1 is 0.611 bits per heavy atom. The Bertz CT molecular complexity index is 390. The summed E-state index contributed by atoms with van der Waals surface area (Å²) in [4.78, 5) is 0. The third-order valence-corrected chi connectivity index (χ3v) is 2.12. The van der Waals surface area contributed by atoms with E-state index in [1.54, 1.807) is 0 Å². The van der Waals surface area contributed by atoms with Crippen molar-refractivity contribution in [3.05, 3.63) is 11.9 Å². The van der Waals surface area contributed by atoms with Gasteiger partial charge in [0.05, 0.1) is 6.08 Å². The summed E-state index contributed by atoms with van der Waals surface area (Å²) in [6.45, 7) is 0. The number of hydrogen-bond acceptors (Lipinski definition) is 0. The Morgan fingerprint density at radius 2 is 1.00 bits per heavy atom. The summed E-state index contributed by atoms with van der Waals surface area (Å²) in [5.74, 6) is -37.9. The molecule has 11 heteroatoms. The smallest absolute Gasteiger partial charge is 0.204 e. The van der Waals surface area contributed by atoms with Crippen molar-refractivity contribution in [2.24, 2.45) is 0 Å². The van der Waals surface area contributed by atoms with Gasteiger partial charge in [-0.2, -0.15) is 43.9 Å². The average molecular weight is 293 g/mol. The second kappa shape index (κ2) is 3.29. The van der Waals surface area contributed by atoms with Crippen LogP contribution in [0.4, 0.5) is 48.3 Å². The van der Waals surface area contributed by atoms with Gasteiger partial charge >= 0.3 is 29.6 Å². The number of halogens is 11. The summed E-state index contributed by atoms with van der Waals surface area (Å²) < 4.78 is 137. The topological polar surface area (TPSA) is 0 Å². The molecule has 0 unspecified atom stereocenters. The molecule has 0 heterocycles. The quantitative estimate of drug-likeness (QED) is 0.595. The van der Waals surface area contributed by atoms with E-state index in [-0.39, 0.29) is 0 Å². The van der Waals surface area contributed by atoms with E-state index in [9.17, 15) is 48.3 Å². The fourth-order valence-corrected chi connectivity index (χ4v) is 1.02. The molecule has 0 saturated heterocycles. The minimum atomic E-state index is -7.19. The van der Waals surface area contributed by atoms with E-state index >= 15 is 0 Å². The highest BCUT2D eigenvalue weighted by atomic mass is 19.4. The summed E-state index contributed by atoms with van der Waals surface area (Å²) in [6.07, 6.45) is -0.633. The third-order valence-electron chi connectivity index (χ3n) is 2.12. The van der Waals surface area contributed by atoms with Crippen molar-refractivity contribution in [1.82, 2.24) is 0 Å². The molecule has 1 aliphatic rings. The predicted molar refractivity (Wildman–Crippen MR) is 32.6 cm³/mol. The minimum absolute atomic E-state index is 0.633. The highest BCUT2D eigenvalue weighted by Gasteiger charge is 2.89. The van der Waals surface area contributed by atoms with Gasteiger partial charge in [-0.15, -0.1) is 0 Å². The Morgan fingerprint density at radius 3 is 1.39 bits per heavy atom. The van der Waals surface area contributed by atoms with E-state index in [0.29, 0.717) is 0 Å². The summed E-state index contributed by atoms with van der Waals surface area (Å²) in [7, 11) is 0. The molecule has 0 fully saturated rings. The Labute approximate surface area is 91.1 Å². The first-order valence-electron chi connectivity index (χ1n) is 3.83. The zero-order valence-corrected chi connectivity index (χ0v) is 7.66. The van der Waals surface area contributed by atoms with Crippen LogP contribution >= 0.6 is 0 Å². The molecular formula is C7F11. The van der Waals surface area contributed by atoms with Crippen molar-refractivity contribution in [2.75, 3.05) is 0 Å². The molecule has 0 aromatic heterocycles. The molecule has 1 rings (SSSR count). The summed E-state index contributed by atoms with van der Waals surface area (Å²) in [5, 5.41) is 0. The molecule has 0 aromatic rings. The Hall–Kier alpha value is -1.03. The zero-order valence-electron chi connectivity index (χ0n) is 7.66. The standard InChI is InChI=1S/C7F11/c8-2-1-3(9,10)5(13,14)7(17,18)6(15,16)4(2,11)12. The van der Waals surface area contributed by atoms with E-state index in [2.05, 4.69) is 0 Å². The maximum Gasteiger partial charge on any atom is 0.385 e. The molecule has 0 spiro atoms. The van der Waals surface area contributed by atoms with Crippen molar-refractivity contribution in [1.29, 1.82) is 0 Å². The van der Waals surface area contributed by atoms with Gasteiger partial charge in [-0.25, -0.2) is 4.39 Å². The predicted octanol–water partition coefficient (Wildman–Crippen LogP) is 3.83. The summed E-state index contributed by atoms with van der Waals surface area (Å²) in [6, 6.07) is 0. The van der Waals surface area contributed by atoms with Crippen molar-refractivity contribution in [3.63, 3.8) is 0 Å². The number of alkyl halides is 10. The van der Waals surface area contributed by atoms with Crippen LogP contribution in [-0.4, -0.2) is 29.6 Å². The molecule has 1 aliphatic carbocycles. The van der Waals surface area contributed by atoms with Crippen LogP contribution in [0.3, 0.4) is 0 Å². The summed E-state index contributed by atoms with van der Waals surface area (Å²) in [5.41, 5.74) is 0. The fraction of sp³-hybridized carbons (Fsp3) is 0.714. The first kappa shape index (κ1) is 15.0. The van der Waals surface area contributed by atoms with Gasteiger partial charge in [-0.3, -0.25) is 0 Å². The Kier molecular flexibility index (Phi) is 2.75. The van der Waals surface area contributed by atoms with E-state index in [1.165, 1.54) is 0 Å². The van der Waals surface area contributed by atoms with Gasteiger partial charge < -0.3 is 0 Å². The number of hydrogen-bond donors (Lipinski definition) is 0. The van der Waals surface area contributed by atoms with Gasteiger partial charge in [0, 0.05) is 0 Å². The largest absolute Gasteiger partial charge is 0.385 e. The van der Waals surface area contributed by atoms with Gasteiger partial charge in [0.2, 0.25) is 0 Å². The second-order valence-corrected chi connectivity index (χ2v) is 3.31. The normalized spacial score (nSPS) is 31.4. The van der Waals surface area contributed by atoms with Crippen molar-refractivity contribution in [2.45, 2.75) is 29.6 Å². The SMILES string of the molecule is FC1=[C]C(F)(F)C(F)(F)C(F)(F)C(F)(F)C1(F)F. The van der Waals surface area contributed by atoms with E-state index in [4.69, 9.17) is 0 Å². The molecule has 0 saturated carbocycles. The van der Waals surface area contributed by atoms with E-state index in [0.717, 1.165) is 0 Å². The Balaban J connectivity index is 3.70. The van der Waals surface area contributed by atoms with E-state index in [1.807, 2.05) is 0 Å². The zero-order chi connectivity index (χ0) is 14.8. The monoisotopic (exact) mass is 293 g/mol. The highest BCUT2D eigenvalue weighted by molar-refractivity contribution is 5.23. The molecule has 0 atom stereocenters. The molecular weight excluding hydrogens is 293 g/mol. The average Bonchev–Trinajstić information content (AvgIpc) is 2.15. The lowest BCUT2D eigenvalue weighted by Gasteiger charge is -2.35. The van der Waals surface area contributed by atoms with Gasteiger partial charge in [-0.05, 0) is 0 Å². The number of rotatable bonds is 0. The van der Waals surface area contributed by atoms with Crippen LogP contribution in [0.5, 0.6) is 0 Å². The van der Waals surface area contributed by atoms with Crippen LogP contribution in [0.25, 0.3) is 0 Å². The first-order valence-corrected chi connectivity index (χ1v) is 3.83. The molecule has 1 radical (unpaired) electrons. The van der Waals surface area contributed by atoms with Crippen molar-refractivity contribution in [3.8, 4) is 0 Å². The first-order chi connectivity index (χ1) is 7.63. The molecule has 0 bridgehead atoms. The molecule has 0 N–H and O–H groups in total. The van der Waals surface area contributed by atoms with Gasteiger partial charge in [0.1, 0.15) is 0 Å². The van der Waals surface area contributed by atoms with Crippen LogP contribution in [0.1, 0.15) is 0 Å². The van der Waals surface area contributed by atoms with Gasteiger partial charge in [0.15, 0.2) is 5.83 Å². The van der Waals surface area contributed by atoms with Crippen molar-refractivity contribution >= 4 is 0 Å². The third kappa shape index (κ3) is 1.38. The molecule has 0 nitrogen and oxygen atoms in total. The van der Waals surface area contributed by atoms with Crippen LogP contribution in [0.15, 0.2) is 5.83 Å². The van der Waals surface area contributed by atoms with Crippen LogP contribution in [0.2, 0.25) is 0 Å². The maximum absolute atomic E-state index is 12.5. The molecule has 0 amide bonds. The molecule has 105 valence electrons. The van der Waals surface area contributed by atoms with Crippen molar-refractivity contribution < 1.29 is 48.3 Å². The van der Waals surface area contributed by atoms with E-state index < -0.39 is 41.5 Å². The fourth-order valence-electron chi connectivity index (χ4n) is 1.02. The lowest BCUT2D eigenvalue weighted by Crippen LogP contribution is -2.65. The highest BCUT2D eigenvalue weighted by Crippen LogP contribution is 2.61. The van der Waals surface area contributed by atoms with Crippen LogP contribution in [0, 0.1) is 6.08 Å². The molecule has 0 aliphatic heterocycles. The molecule has 18 heavy (non-hydrogen) atoms. The van der Waals surface area contributed by atoms with Gasteiger partial charge in [0.25, 0.3) is 0 Å². The van der Waals surface area contributed by atoms with Crippen LogP contribution < -0.4 is 0 Å². The van der Waals surface area contributed by atoms with Gasteiger partial charge in [-0.1, -0.05) is 0 Å². The van der Waals surface area contributed by atoms with Crippen LogP contribution in [-0.2, 0) is 0 Å².